The topological polar surface area (TPSA) is 38.0 Å². The van der Waals surface area contributed by atoms with Gasteiger partial charge in [0.25, 0.3) is 0 Å². The van der Waals surface area contributed by atoms with Crippen molar-refractivity contribution in [2.75, 3.05) is 17.6 Å². The quantitative estimate of drug-likeness (QED) is 0.773. The molecule has 17 heavy (non-hydrogen) atoms. The van der Waals surface area contributed by atoms with Crippen LogP contribution in [0.2, 0.25) is 0 Å². The van der Waals surface area contributed by atoms with Crippen LogP contribution in [0.15, 0.2) is 24.3 Å². The molecule has 1 saturated carbocycles. The van der Waals surface area contributed by atoms with Gasteiger partial charge >= 0.3 is 0 Å². The van der Waals surface area contributed by atoms with Crippen molar-refractivity contribution < 1.29 is 0 Å². The zero-order valence-electron chi connectivity index (χ0n) is 10.8. The van der Waals surface area contributed by atoms with Gasteiger partial charge < -0.3 is 11.1 Å². The number of rotatable bonds is 4. The highest BCUT2D eigenvalue weighted by Gasteiger charge is 2.19. The van der Waals surface area contributed by atoms with Gasteiger partial charge in [-0.2, -0.15) is 0 Å². The Bertz CT molecular complexity index is 341. The van der Waals surface area contributed by atoms with Crippen LogP contribution < -0.4 is 11.1 Å². The number of nitrogen functional groups attached to an aromatic ring is 1. The average Bonchev–Trinajstić information content (AvgIpc) is 2.38. The molecule has 1 fully saturated rings. The molecule has 0 amide bonds. The van der Waals surface area contributed by atoms with Crippen molar-refractivity contribution in [1.29, 1.82) is 0 Å². The van der Waals surface area contributed by atoms with Crippen LogP contribution in [0.25, 0.3) is 0 Å². The molecule has 0 bridgehead atoms. The Morgan fingerprint density at radius 3 is 2.41 bits per heavy atom. The van der Waals surface area contributed by atoms with Crippen LogP contribution >= 0.6 is 0 Å². The van der Waals surface area contributed by atoms with E-state index in [0.29, 0.717) is 0 Å². The van der Waals surface area contributed by atoms with Crippen molar-refractivity contribution >= 4 is 11.4 Å². The predicted molar refractivity (Wildman–Crippen MR) is 75.1 cm³/mol. The van der Waals surface area contributed by atoms with Crippen molar-refractivity contribution in [3.05, 3.63) is 24.3 Å². The van der Waals surface area contributed by atoms with Crippen LogP contribution in [0.4, 0.5) is 11.4 Å². The lowest BCUT2D eigenvalue weighted by atomic mass is 9.81. The van der Waals surface area contributed by atoms with Crippen LogP contribution in [-0.4, -0.2) is 6.54 Å². The maximum atomic E-state index is 5.92. The van der Waals surface area contributed by atoms with Gasteiger partial charge in [-0.3, -0.25) is 0 Å². The van der Waals surface area contributed by atoms with Gasteiger partial charge in [-0.25, -0.2) is 0 Å². The first kappa shape index (κ1) is 12.3. The highest BCUT2D eigenvalue weighted by Crippen LogP contribution is 2.31. The predicted octanol–water partition coefficient (Wildman–Crippen LogP) is 3.90. The summed E-state index contributed by atoms with van der Waals surface area (Å²) in [4.78, 5) is 0. The number of benzene rings is 1. The summed E-state index contributed by atoms with van der Waals surface area (Å²) in [7, 11) is 0. The number of nitrogens with two attached hydrogens (primary N) is 1. The highest BCUT2D eigenvalue weighted by atomic mass is 14.9. The molecule has 0 spiro atoms. The Kier molecular flexibility index (Phi) is 4.29. The van der Waals surface area contributed by atoms with Gasteiger partial charge in [0.2, 0.25) is 0 Å². The summed E-state index contributed by atoms with van der Waals surface area (Å²) in [5.74, 6) is 1.81. The third-order valence-electron chi connectivity index (χ3n) is 4.09. The van der Waals surface area contributed by atoms with E-state index in [-0.39, 0.29) is 0 Å². The highest BCUT2D eigenvalue weighted by molar-refractivity contribution is 5.65. The van der Waals surface area contributed by atoms with E-state index in [1.54, 1.807) is 0 Å². The molecule has 0 aromatic heterocycles. The molecule has 0 saturated heterocycles. The van der Waals surface area contributed by atoms with E-state index in [9.17, 15) is 0 Å². The molecule has 0 atom stereocenters. The molecule has 0 unspecified atom stereocenters. The average molecular weight is 232 g/mol. The van der Waals surface area contributed by atoms with Gasteiger partial charge in [0.05, 0.1) is 11.4 Å². The number of para-hydroxylation sites is 2. The first-order chi connectivity index (χ1) is 8.29. The molecule has 1 aromatic rings. The van der Waals surface area contributed by atoms with Crippen LogP contribution in [0.5, 0.6) is 0 Å². The van der Waals surface area contributed by atoms with Crippen molar-refractivity contribution in [3.63, 3.8) is 0 Å². The second kappa shape index (κ2) is 5.95. The van der Waals surface area contributed by atoms with Crippen LogP contribution in [0.1, 0.15) is 39.0 Å². The van der Waals surface area contributed by atoms with E-state index in [2.05, 4.69) is 18.3 Å². The lowest BCUT2D eigenvalue weighted by Crippen LogP contribution is -2.21. The van der Waals surface area contributed by atoms with Gasteiger partial charge in [-0.05, 0) is 36.8 Å². The molecular weight excluding hydrogens is 208 g/mol. The minimum absolute atomic E-state index is 0.831. The van der Waals surface area contributed by atoms with E-state index >= 15 is 0 Å². The van der Waals surface area contributed by atoms with E-state index in [1.165, 1.54) is 32.1 Å². The van der Waals surface area contributed by atoms with Crippen molar-refractivity contribution in [3.8, 4) is 0 Å². The fourth-order valence-corrected chi connectivity index (χ4v) is 2.76. The maximum Gasteiger partial charge on any atom is 0.0573 e. The van der Waals surface area contributed by atoms with Crippen molar-refractivity contribution in [1.82, 2.24) is 0 Å². The number of anilines is 2. The molecule has 2 rings (SSSR count). The summed E-state index contributed by atoms with van der Waals surface area (Å²) in [5.41, 5.74) is 7.86. The fraction of sp³-hybridized carbons (Fsp3) is 0.600. The van der Waals surface area contributed by atoms with Gasteiger partial charge in [-0.15, -0.1) is 0 Å². The van der Waals surface area contributed by atoms with E-state index in [1.807, 2.05) is 18.2 Å². The molecule has 3 N–H and O–H groups in total. The lowest BCUT2D eigenvalue weighted by molar-refractivity contribution is 0.278. The van der Waals surface area contributed by atoms with Gasteiger partial charge in [0.15, 0.2) is 0 Å². The molecule has 0 aliphatic heterocycles. The van der Waals surface area contributed by atoms with Gasteiger partial charge in [0.1, 0.15) is 0 Å². The summed E-state index contributed by atoms with van der Waals surface area (Å²) < 4.78 is 0. The summed E-state index contributed by atoms with van der Waals surface area (Å²) >= 11 is 0. The van der Waals surface area contributed by atoms with Crippen molar-refractivity contribution in [2.45, 2.75) is 39.0 Å². The Morgan fingerprint density at radius 2 is 1.76 bits per heavy atom. The van der Waals surface area contributed by atoms with Crippen LogP contribution in [0.3, 0.4) is 0 Å². The zero-order chi connectivity index (χ0) is 12.1. The number of hydrogen-bond donors (Lipinski definition) is 2. The second-order valence-electron chi connectivity index (χ2n) is 5.26. The zero-order valence-corrected chi connectivity index (χ0v) is 10.8. The molecule has 0 heterocycles. The lowest BCUT2D eigenvalue weighted by Gasteiger charge is -2.28. The Labute approximate surface area is 105 Å². The molecule has 1 aromatic carbocycles. The number of nitrogens with one attached hydrogen (secondary N) is 1. The van der Waals surface area contributed by atoms with Crippen LogP contribution in [-0.2, 0) is 0 Å². The van der Waals surface area contributed by atoms with E-state index in [4.69, 9.17) is 5.73 Å². The van der Waals surface area contributed by atoms with E-state index in [0.717, 1.165) is 29.8 Å². The summed E-state index contributed by atoms with van der Waals surface area (Å²) in [6, 6.07) is 8.03. The molecule has 0 radical (unpaired) electrons. The first-order valence-corrected chi connectivity index (χ1v) is 6.88. The Balaban J connectivity index is 1.78. The Hall–Kier alpha value is -1.18. The van der Waals surface area contributed by atoms with Crippen LogP contribution in [0, 0.1) is 11.8 Å². The standard InChI is InChI=1S/C15H24N2/c1-2-12-7-9-13(10-8-12)11-17-15-6-4-3-5-14(15)16/h3-6,12-13,17H,2,7-11,16H2,1H3. The minimum Gasteiger partial charge on any atom is -0.397 e. The third-order valence-corrected chi connectivity index (χ3v) is 4.09. The summed E-state index contributed by atoms with van der Waals surface area (Å²) in [5, 5.41) is 3.49. The smallest absolute Gasteiger partial charge is 0.0573 e. The SMILES string of the molecule is CCC1CCC(CNc2ccccc2N)CC1. The first-order valence-electron chi connectivity index (χ1n) is 6.88. The summed E-state index contributed by atoms with van der Waals surface area (Å²) in [6.07, 6.45) is 6.92. The minimum atomic E-state index is 0.831. The maximum absolute atomic E-state index is 5.92. The summed E-state index contributed by atoms with van der Waals surface area (Å²) in [6.45, 7) is 3.39. The number of hydrogen-bond acceptors (Lipinski definition) is 2. The largest absolute Gasteiger partial charge is 0.397 e. The molecule has 94 valence electrons. The fourth-order valence-electron chi connectivity index (χ4n) is 2.76. The molecule has 2 heteroatoms. The molecule has 2 nitrogen and oxygen atoms in total. The van der Waals surface area contributed by atoms with Crippen molar-refractivity contribution in [2.24, 2.45) is 11.8 Å². The van der Waals surface area contributed by atoms with Gasteiger partial charge in [0, 0.05) is 6.54 Å². The Morgan fingerprint density at radius 1 is 1.12 bits per heavy atom. The third kappa shape index (κ3) is 3.39. The normalized spacial score (nSPS) is 24.5. The molecule has 1 aliphatic carbocycles. The monoisotopic (exact) mass is 232 g/mol. The molecule has 1 aliphatic rings. The van der Waals surface area contributed by atoms with E-state index < -0.39 is 0 Å². The molecular formula is C15H24N2. The van der Waals surface area contributed by atoms with Gasteiger partial charge in [-0.1, -0.05) is 38.3 Å². The second-order valence-corrected chi connectivity index (χ2v) is 5.26.